The number of rotatable bonds is 17. The number of ketones is 4. The third kappa shape index (κ3) is 16.9. The van der Waals surface area contributed by atoms with Crippen molar-refractivity contribution in [3.05, 3.63) is 55.1 Å². The van der Waals surface area contributed by atoms with E-state index in [0.29, 0.717) is 131 Å². The van der Waals surface area contributed by atoms with Crippen LogP contribution in [0.25, 0.3) is 0 Å². The summed E-state index contributed by atoms with van der Waals surface area (Å²) in [5.41, 5.74) is 1.33. The Hall–Kier alpha value is -5.24. The van der Waals surface area contributed by atoms with Crippen molar-refractivity contribution in [3.8, 4) is 17.2 Å². The molecule has 0 aromatic carbocycles. The van der Waals surface area contributed by atoms with Crippen molar-refractivity contribution in [1.29, 1.82) is 0 Å². The van der Waals surface area contributed by atoms with Crippen LogP contribution in [-0.2, 0) is 45.4 Å². The Kier molecular flexibility index (Phi) is 25.2. The summed E-state index contributed by atoms with van der Waals surface area (Å²) < 4.78 is 23.6. The maximum absolute atomic E-state index is 13.5. The Labute approximate surface area is 756 Å². The number of Topliss-reactive ketones (excluding diaryl/α,β-unsaturated/α-hetero) is 4. The van der Waals surface area contributed by atoms with Crippen molar-refractivity contribution in [2.24, 2.45) is 162 Å². The number of nitrogens with zero attached hydrogens (tertiary/aromatic N) is 8. The average Bonchev–Trinajstić information content (AvgIpc) is 1.45. The van der Waals surface area contributed by atoms with Gasteiger partial charge in [-0.2, -0.15) is 20.4 Å². The van der Waals surface area contributed by atoms with Crippen LogP contribution in [0.4, 0.5) is 0 Å². The first-order valence-electron chi connectivity index (χ1n) is 51.4. The number of hydrogen-bond acceptors (Lipinski definition) is 15. The summed E-state index contributed by atoms with van der Waals surface area (Å²) in [6, 6.07) is 0. The van der Waals surface area contributed by atoms with Crippen molar-refractivity contribution in [3.63, 3.8) is 0 Å². The topological polar surface area (TPSA) is 248 Å². The molecule has 700 valence electrons. The standard InChI is InChI=1S/C28H44N2O3.C27H42N2O3.C26H40N2O3.C26H40N2O2/c1-18(2)33-20-15-29-30(16-20)17-25(31)24-9-8-22-21-7-6-19-14-26(3,32)12-13-27(19,4)23(21)10-11-28(22,24)5;1-5-32-19-15-28-29(16-19)17-24(30)23-9-8-21-20-7-6-18-14-25(2,31)12-13-26(18,3)22(20)10-11-27(21,23)4;1-24(30)11-12-25(2)17(13-24)5-6-19-20-7-8-22(26(20,3)10-9-21(19)25)23(29)16-28-15-18(31-4)14-27-28;1-17-14-27-28(15-17)16-23(29)22-8-7-20-19-6-5-18-13-24(2,30)11-12-25(18,3)21(19)9-10-26(20,22)4/h15-16,18-19,21-24,32H,6-14,17H2,1-5H3;15-16,18,20-23,31H,5-14,17H2,1-4H3;14-15,17,19-22,30H,5-13,16H2,1-4H3;14-15,18-22,30H,5-13,16H2,1-4H3/t19-,21-,22-,23-,24+,26+,27-,28-;18-,20-,21-,22-,23+,25+,26-,27-;17-,19-,20-,21-,22+,24+,25-,26-;18-,19+,20+,21+,22-,24-,25+,26+/m0001/s1. The molecule has 16 saturated carbocycles. The van der Waals surface area contributed by atoms with Gasteiger partial charge in [-0.3, -0.25) is 37.9 Å². The zero-order valence-corrected chi connectivity index (χ0v) is 81.0. The van der Waals surface area contributed by atoms with Crippen LogP contribution in [0.3, 0.4) is 0 Å². The second-order valence-corrected chi connectivity index (χ2v) is 49.6. The number of methoxy groups -OCH3 is 1. The maximum Gasteiger partial charge on any atom is 0.157 e. The molecule has 19 nitrogen and oxygen atoms in total. The summed E-state index contributed by atoms with van der Waals surface area (Å²) in [4.78, 5) is 53.6. The predicted octanol–water partition coefficient (Wildman–Crippen LogP) is 21.0. The summed E-state index contributed by atoms with van der Waals surface area (Å²) in [5.74, 6) is 15.8. The molecule has 0 bridgehead atoms. The molecular formula is C107H166N8O11. The fourth-order valence-corrected chi connectivity index (χ4v) is 35.4. The van der Waals surface area contributed by atoms with Gasteiger partial charge >= 0.3 is 0 Å². The van der Waals surface area contributed by atoms with Crippen LogP contribution in [-0.4, -0.2) is 125 Å². The van der Waals surface area contributed by atoms with Gasteiger partial charge in [-0.05, 0) is 430 Å². The second kappa shape index (κ2) is 34.3. The molecule has 0 aliphatic heterocycles. The van der Waals surface area contributed by atoms with Gasteiger partial charge in [-0.15, -0.1) is 0 Å². The highest BCUT2D eigenvalue weighted by Gasteiger charge is 2.68. The molecule has 0 spiro atoms. The molecule has 0 amide bonds. The Morgan fingerprint density at radius 3 is 0.873 bits per heavy atom. The number of carbonyl (C=O) groups is 4. The second-order valence-electron chi connectivity index (χ2n) is 49.6. The summed E-state index contributed by atoms with van der Waals surface area (Å²) in [6.07, 6.45) is 56.0. The van der Waals surface area contributed by atoms with E-state index in [-0.39, 0.29) is 51.4 Å². The fraction of sp³-hybridized carbons (Fsp3) is 0.850. The van der Waals surface area contributed by atoms with Crippen molar-refractivity contribution in [1.82, 2.24) is 39.1 Å². The van der Waals surface area contributed by atoms with Gasteiger partial charge in [0.25, 0.3) is 0 Å². The first-order valence-corrected chi connectivity index (χ1v) is 51.4. The van der Waals surface area contributed by atoms with Gasteiger partial charge in [0.1, 0.15) is 0 Å². The van der Waals surface area contributed by atoms with Crippen LogP contribution in [0.2, 0.25) is 0 Å². The lowest BCUT2D eigenvalue weighted by molar-refractivity contribution is -0.151. The monoisotopic (exact) mass is 1740 g/mol. The van der Waals surface area contributed by atoms with Crippen molar-refractivity contribution < 1.29 is 53.8 Å². The van der Waals surface area contributed by atoms with Gasteiger partial charge in [-0.25, -0.2) is 0 Å². The zero-order valence-electron chi connectivity index (χ0n) is 81.0. The summed E-state index contributed by atoms with van der Waals surface area (Å²) in [5, 5.41) is 60.2. The third-order valence-corrected chi connectivity index (χ3v) is 42.2. The quantitative estimate of drug-likeness (QED) is 0.0767. The minimum atomic E-state index is -0.475. The molecule has 19 heteroatoms. The van der Waals surface area contributed by atoms with E-state index < -0.39 is 22.4 Å². The van der Waals surface area contributed by atoms with E-state index in [1.54, 1.807) is 39.7 Å². The minimum Gasteiger partial charge on any atom is -0.493 e. The summed E-state index contributed by atoms with van der Waals surface area (Å²) in [6.45, 7) is 38.2. The van der Waals surface area contributed by atoms with Crippen molar-refractivity contribution >= 4 is 23.1 Å². The molecule has 0 radical (unpaired) electrons. The maximum atomic E-state index is 13.5. The van der Waals surface area contributed by atoms with Crippen LogP contribution in [0.1, 0.15) is 341 Å². The summed E-state index contributed by atoms with van der Waals surface area (Å²) in [7, 11) is 1.63. The number of fused-ring (bicyclic) bond motifs is 20. The van der Waals surface area contributed by atoms with Gasteiger partial charge in [-0.1, -0.05) is 55.4 Å². The van der Waals surface area contributed by atoms with E-state index >= 15 is 0 Å². The molecular weight excluding hydrogens is 1570 g/mol. The molecule has 0 unspecified atom stereocenters. The molecule has 4 N–H and O–H groups in total. The zero-order chi connectivity index (χ0) is 89.7. The SMILES string of the molecule is CC(C)Oc1cnn(CC(=O)[C@H]2CC[C@H]3[C@@H]4CC[C@H]5C[C@](C)(O)CC[C@]5(C)[C@H]4CC[C@]23C)c1.CCOc1cnn(CC(=O)[C@H]2CC[C@H]3[C@@H]4CC[C@H]5C[C@](C)(O)CC[C@]5(C)[C@H]4CC[C@]23C)c1.COc1cnn(CC(=O)[C@H]2CC[C@H]3[C@@H]4CC[C@H]5C[C@](C)(O)CC[C@]5(C)[C@H]4CC[C@]23C)c1.Cc1cnn(CC(=O)[C@H]2CC[C@H]3[C@@H]4CC[C@@H]5C[C@](C)(O)CC[C@]5(C)[C@H]4CC[C@]23C)c1. The highest BCUT2D eigenvalue weighted by molar-refractivity contribution is 5.84. The van der Waals surface area contributed by atoms with Crippen LogP contribution in [0, 0.1) is 169 Å². The Balaban J connectivity index is 0.000000119. The van der Waals surface area contributed by atoms with Gasteiger partial charge in [0.2, 0.25) is 0 Å². The van der Waals surface area contributed by atoms with Crippen LogP contribution in [0.15, 0.2) is 49.6 Å². The highest BCUT2D eigenvalue weighted by atomic mass is 16.5. The van der Waals surface area contributed by atoms with Crippen LogP contribution < -0.4 is 14.2 Å². The Morgan fingerprint density at radius 1 is 0.341 bits per heavy atom. The molecule has 4 heterocycles. The fourth-order valence-electron chi connectivity index (χ4n) is 35.4. The van der Waals surface area contributed by atoms with Crippen LogP contribution in [0.5, 0.6) is 17.2 Å². The van der Waals surface area contributed by atoms with Crippen molar-refractivity contribution in [2.75, 3.05) is 13.7 Å². The predicted molar refractivity (Wildman–Crippen MR) is 491 cm³/mol. The number of ether oxygens (including phenoxy) is 3. The number of hydrogen-bond donors (Lipinski definition) is 4. The van der Waals surface area contributed by atoms with Crippen molar-refractivity contribution in [2.45, 2.75) is 397 Å². The first-order chi connectivity index (χ1) is 59.5. The molecule has 32 atom stereocenters. The lowest BCUT2D eigenvalue weighted by Gasteiger charge is -2.61. The molecule has 4 aromatic heterocycles. The van der Waals surface area contributed by atoms with E-state index in [0.717, 1.165) is 148 Å². The first kappa shape index (κ1) is 92.6. The van der Waals surface area contributed by atoms with Gasteiger partial charge in [0.05, 0.1) is 112 Å². The molecule has 16 aliphatic carbocycles. The molecule has 16 aliphatic rings. The van der Waals surface area contributed by atoms with Gasteiger partial charge in [0.15, 0.2) is 40.4 Å². The Bertz CT molecular complexity index is 4550. The summed E-state index contributed by atoms with van der Waals surface area (Å²) >= 11 is 0. The van der Waals surface area contributed by atoms with E-state index in [9.17, 15) is 39.6 Å². The largest absolute Gasteiger partial charge is 0.493 e. The third-order valence-electron chi connectivity index (χ3n) is 42.2. The average molecular weight is 1740 g/mol. The molecule has 126 heavy (non-hydrogen) atoms. The van der Waals surface area contributed by atoms with E-state index in [2.05, 4.69) is 75.8 Å². The van der Waals surface area contributed by atoms with E-state index in [4.69, 9.17) is 14.2 Å². The normalized spacial score (nSPS) is 46.2. The number of aromatic nitrogens is 8. The lowest BCUT2D eigenvalue weighted by atomic mass is 9.44. The number of aryl methyl sites for hydroxylation is 1. The van der Waals surface area contributed by atoms with Crippen LogP contribution >= 0.6 is 0 Å². The molecule has 16 fully saturated rings. The minimum absolute atomic E-state index is 0.107. The van der Waals surface area contributed by atoms with E-state index in [1.807, 2.05) is 91.1 Å². The van der Waals surface area contributed by atoms with Gasteiger partial charge in [0, 0.05) is 29.9 Å². The Morgan fingerprint density at radius 2 is 0.603 bits per heavy atom. The molecule has 0 saturated heterocycles. The number of aliphatic hydroxyl groups is 4. The van der Waals surface area contributed by atoms with Gasteiger partial charge < -0.3 is 34.6 Å². The van der Waals surface area contributed by atoms with E-state index in [1.165, 1.54) is 148 Å². The lowest BCUT2D eigenvalue weighted by Crippen LogP contribution is -2.55. The number of carbonyl (C=O) groups excluding carboxylic acids is 4. The molecule has 20 rings (SSSR count). The highest BCUT2D eigenvalue weighted by Crippen LogP contribution is 2.74. The molecule has 4 aromatic rings. The smallest absolute Gasteiger partial charge is 0.157 e.